The Hall–Kier alpha value is -2.20. The molecule has 0 aromatic rings. The van der Waals surface area contributed by atoms with Gasteiger partial charge in [0, 0.05) is 13.3 Å². The smallest absolute Gasteiger partial charge is 0.326 e. The fourth-order valence-electron chi connectivity index (χ4n) is 1.23. The molecule has 0 bridgehead atoms. The SMILES string of the molecule is CC(=O)N[C@@H](CCCN)C(=O)O.N[C@@H](CCC(=O)O)C(=O)O. The maximum Gasteiger partial charge on any atom is 0.326 e. The van der Waals surface area contributed by atoms with Gasteiger partial charge in [-0.15, -0.1) is 0 Å². The number of amides is 1. The number of carboxylic acids is 3. The van der Waals surface area contributed by atoms with Crippen LogP contribution in [0.2, 0.25) is 0 Å². The summed E-state index contributed by atoms with van der Waals surface area (Å²) in [6, 6.07) is -1.86. The van der Waals surface area contributed by atoms with Crippen molar-refractivity contribution in [1.82, 2.24) is 5.32 Å². The number of carboxylic acid groups (broad SMARTS) is 3. The van der Waals surface area contributed by atoms with Crippen molar-refractivity contribution in [3.05, 3.63) is 0 Å². The number of aliphatic carboxylic acids is 3. The maximum absolute atomic E-state index is 10.5. The van der Waals surface area contributed by atoms with Crippen LogP contribution in [0, 0.1) is 0 Å². The highest BCUT2D eigenvalue weighted by Crippen LogP contribution is 1.96. The molecule has 0 rings (SSSR count). The Morgan fingerprint density at radius 2 is 1.59 bits per heavy atom. The minimum absolute atomic E-state index is 0.0231. The zero-order valence-electron chi connectivity index (χ0n) is 12.3. The van der Waals surface area contributed by atoms with Gasteiger partial charge in [-0.3, -0.25) is 14.4 Å². The Balaban J connectivity index is 0. The van der Waals surface area contributed by atoms with Gasteiger partial charge in [0.1, 0.15) is 12.1 Å². The van der Waals surface area contributed by atoms with E-state index >= 15 is 0 Å². The van der Waals surface area contributed by atoms with E-state index in [4.69, 9.17) is 26.8 Å². The molecular weight excluding hydrogens is 298 g/mol. The van der Waals surface area contributed by atoms with E-state index in [0.29, 0.717) is 19.4 Å². The van der Waals surface area contributed by atoms with Gasteiger partial charge < -0.3 is 32.1 Å². The van der Waals surface area contributed by atoms with E-state index in [9.17, 15) is 19.2 Å². The van der Waals surface area contributed by atoms with Crippen LogP contribution in [-0.2, 0) is 19.2 Å². The summed E-state index contributed by atoms with van der Waals surface area (Å²) in [5, 5.41) is 27.2. The van der Waals surface area contributed by atoms with Crippen molar-refractivity contribution in [3.8, 4) is 0 Å². The maximum atomic E-state index is 10.5. The number of rotatable bonds is 9. The van der Waals surface area contributed by atoms with Crippen molar-refractivity contribution in [2.75, 3.05) is 6.54 Å². The van der Waals surface area contributed by atoms with Crippen LogP contribution >= 0.6 is 0 Å². The van der Waals surface area contributed by atoms with Crippen molar-refractivity contribution in [1.29, 1.82) is 0 Å². The molecule has 0 unspecified atom stereocenters. The molecule has 2 atom stereocenters. The topological polar surface area (TPSA) is 193 Å². The number of nitrogens with one attached hydrogen (secondary N) is 1. The second-order valence-electron chi connectivity index (χ2n) is 4.40. The average molecular weight is 321 g/mol. The summed E-state index contributed by atoms with van der Waals surface area (Å²) >= 11 is 0. The monoisotopic (exact) mass is 321 g/mol. The lowest BCUT2D eigenvalue weighted by atomic mass is 10.1. The molecule has 128 valence electrons. The van der Waals surface area contributed by atoms with Gasteiger partial charge in [0.15, 0.2) is 0 Å². The van der Waals surface area contributed by atoms with Gasteiger partial charge in [0.05, 0.1) is 0 Å². The van der Waals surface area contributed by atoms with E-state index in [1.165, 1.54) is 6.92 Å². The zero-order chi connectivity index (χ0) is 17.7. The summed E-state index contributed by atoms with van der Waals surface area (Å²) in [6.45, 7) is 1.72. The highest BCUT2D eigenvalue weighted by Gasteiger charge is 2.16. The van der Waals surface area contributed by atoms with Gasteiger partial charge in [-0.25, -0.2) is 4.79 Å². The van der Waals surface area contributed by atoms with Crippen LogP contribution in [0.1, 0.15) is 32.6 Å². The molecule has 0 spiro atoms. The minimum atomic E-state index is -1.17. The normalized spacial score (nSPS) is 12.3. The minimum Gasteiger partial charge on any atom is -0.481 e. The first kappa shape index (κ1) is 22.1. The number of carbonyl (C=O) groups excluding carboxylic acids is 1. The summed E-state index contributed by atoms with van der Waals surface area (Å²) in [5.41, 5.74) is 10.2. The van der Waals surface area contributed by atoms with Crippen LogP contribution in [-0.4, -0.2) is 57.8 Å². The molecule has 0 radical (unpaired) electrons. The molecular formula is C12H23N3O7. The number of carbonyl (C=O) groups is 4. The van der Waals surface area contributed by atoms with E-state index in [-0.39, 0.29) is 18.7 Å². The summed E-state index contributed by atoms with van der Waals surface area (Å²) in [4.78, 5) is 40.9. The van der Waals surface area contributed by atoms with Gasteiger partial charge in [0.2, 0.25) is 5.91 Å². The van der Waals surface area contributed by atoms with E-state index in [0.717, 1.165) is 0 Å². The molecule has 1 amide bonds. The molecule has 0 aliphatic carbocycles. The predicted octanol–water partition coefficient (Wildman–Crippen LogP) is -1.42. The Labute approximate surface area is 127 Å². The molecule has 0 aromatic carbocycles. The standard InChI is InChI=1S/C7H14N2O3.C5H9NO4/c1-5(10)9-6(7(11)12)3-2-4-8;6-3(5(9)10)1-2-4(7)8/h6H,2-4,8H2,1H3,(H,9,10)(H,11,12);3H,1-2,6H2,(H,7,8)(H,9,10)/t6-;3-/m00/s1. The summed E-state index contributed by atoms with van der Waals surface area (Å²) in [7, 11) is 0. The lowest BCUT2D eigenvalue weighted by molar-refractivity contribution is -0.142. The third-order valence-corrected chi connectivity index (χ3v) is 2.36. The molecule has 0 aliphatic rings. The molecule has 0 aliphatic heterocycles. The van der Waals surface area contributed by atoms with Crippen LogP contribution < -0.4 is 16.8 Å². The van der Waals surface area contributed by atoms with Crippen LogP contribution in [0.15, 0.2) is 0 Å². The van der Waals surface area contributed by atoms with Crippen molar-refractivity contribution < 1.29 is 34.5 Å². The quantitative estimate of drug-likeness (QED) is 0.295. The second-order valence-corrected chi connectivity index (χ2v) is 4.40. The highest BCUT2D eigenvalue weighted by molar-refractivity contribution is 5.81. The van der Waals surface area contributed by atoms with E-state index < -0.39 is 30.0 Å². The Morgan fingerprint density at radius 3 is 1.91 bits per heavy atom. The number of nitrogens with two attached hydrogens (primary N) is 2. The van der Waals surface area contributed by atoms with Crippen LogP contribution in [0.3, 0.4) is 0 Å². The molecule has 8 N–H and O–H groups in total. The average Bonchev–Trinajstić information content (AvgIpc) is 2.40. The Kier molecular flexibility index (Phi) is 12.6. The molecule has 0 saturated carbocycles. The van der Waals surface area contributed by atoms with Gasteiger partial charge in [-0.05, 0) is 25.8 Å². The van der Waals surface area contributed by atoms with Crippen LogP contribution in [0.5, 0.6) is 0 Å². The summed E-state index contributed by atoms with van der Waals surface area (Å²) in [6.07, 6.45) is 0.751. The molecule has 0 aromatic heterocycles. The third-order valence-electron chi connectivity index (χ3n) is 2.36. The second kappa shape index (κ2) is 12.5. The van der Waals surface area contributed by atoms with Crippen molar-refractivity contribution >= 4 is 23.8 Å². The third kappa shape index (κ3) is 14.2. The summed E-state index contributed by atoms with van der Waals surface area (Å²) in [5.74, 6) is -3.55. The molecule has 22 heavy (non-hydrogen) atoms. The molecule has 0 fully saturated rings. The van der Waals surface area contributed by atoms with Crippen molar-refractivity contribution in [3.63, 3.8) is 0 Å². The Bertz CT molecular complexity index is 387. The van der Waals surface area contributed by atoms with E-state index in [2.05, 4.69) is 5.32 Å². The zero-order valence-corrected chi connectivity index (χ0v) is 12.3. The predicted molar refractivity (Wildman–Crippen MR) is 76.0 cm³/mol. The number of hydrogen-bond donors (Lipinski definition) is 6. The fourth-order valence-corrected chi connectivity index (χ4v) is 1.23. The lowest BCUT2D eigenvalue weighted by Gasteiger charge is -2.11. The first-order valence-electron chi connectivity index (χ1n) is 6.51. The highest BCUT2D eigenvalue weighted by atomic mass is 16.4. The molecule has 0 heterocycles. The van der Waals surface area contributed by atoms with Gasteiger partial charge in [-0.2, -0.15) is 0 Å². The first-order chi connectivity index (χ1) is 10.1. The van der Waals surface area contributed by atoms with Gasteiger partial charge in [-0.1, -0.05) is 0 Å². The van der Waals surface area contributed by atoms with E-state index in [1.807, 2.05) is 0 Å². The molecule has 0 saturated heterocycles. The lowest BCUT2D eigenvalue weighted by Crippen LogP contribution is -2.39. The van der Waals surface area contributed by atoms with Gasteiger partial charge >= 0.3 is 17.9 Å². The largest absolute Gasteiger partial charge is 0.481 e. The van der Waals surface area contributed by atoms with Crippen molar-refractivity contribution in [2.45, 2.75) is 44.7 Å². The Morgan fingerprint density at radius 1 is 1.05 bits per heavy atom. The first-order valence-corrected chi connectivity index (χ1v) is 6.51. The molecule has 10 nitrogen and oxygen atoms in total. The van der Waals surface area contributed by atoms with E-state index in [1.54, 1.807) is 0 Å². The van der Waals surface area contributed by atoms with Gasteiger partial charge in [0.25, 0.3) is 0 Å². The van der Waals surface area contributed by atoms with Crippen molar-refractivity contribution in [2.24, 2.45) is 11.5 Å². The molecule has 10 heteroatoms. The fraction of sp³-hybridized carbons (Fsp3) is 0.667. The van der Waals surface area contributed by atoms with Crippen LogP contribution in [0.25, 0.3) is 0 Å². The summed E-state index contributed by atoms with van der Waals surface area (Å²) < 4.78 is 0. The number of hydrogen-bond acceptors (Lipinski definition) is 6. The van der Waals surface area contributed by atoms with Crippen LogP contribution in [0.4, 0.5) is 0 Å².